The van der Waals surface area contributed by atoms with Crippen LogP contribution in [0.1, 0.15) is 11.1 Å². The Kier molecular flexibility index (Phi) is 15.0. The summed E-state index contributed by atoms with van der Waals surface area (Å²) >= 11 is 66.3. The fourth-order valence-electron chi connectivity index (χ4n) is 1.58. The summed E-state index contributed by atoms with van der Waals surface area (Å²) in [6.45, 7) is 0. The Morgan fingerprint density at radius 3 is 0.667 bits per heavy atom. The number of hydrogen-bond acceptors (Lipinski definition) is 2. The van der Waals surface area contributed by atoms with Gasteiger partial charge in [-0.1, -0.05) is 116 Å². The normalized spacial score (nSPS) is 10.2. The SMILES string of the molecule is SCc1c(Cl)c(Cl)c(Cl)c(Cl)c1Cl.SCc1c(Cl)c(Cl)c(Cl)c(Cl)c1Cl.[Hg]. The van der Waals surface area contributed by atoms with E-state index < -0.39 is 0 Å². The van der Waals surface area contributed by atoms with Gasteiger partial charge in [-0.2, -0.15) is 25.3 Å². The van der Waals surface area contributed by atoms with Gasteiger partial charge < -0.3 is 0 Å². The summed E-state index contributed by atoms with van der Waals surface area (Å²) in [7, 11) is 0. The van der Waals surface area contributed by atoms with Crippen molar-refractivity contribution in [3.05, 3.63) is 61.4 Å². The minimum Gasteiger partial charge on any atom is -0.174 e. The fourth-order valence-corrected chi connectivity index (χ4v) is 5.21. The van der Waals surface area contributed by atoms with E-state index in [0.717, 1.165) is 0 Å². The Hall–Kier alpha value is 2.98. The molecule has 0 saturated carbocycles. The topological polar surface area (TPSA) is 0 Å². The molecule has 0 aromatic heterocycles. The van der Waals surface area contributed by atoms with Crippen molar-refractivity contribution in [1.82, 2.24) is 0 Å². The summed E-state index contributed by atoms with van der Waals surface area (Å²) in [5.74, 6) is 0.711. The molecule has 0 bridgehead atoms. The van der Waals surface area contributed by atoms with Crippen LogP contribution in [-0.2, 0) is 39.2 Å². The molecule has 0 spiro atoms. The van der Waals surface area contributed by atoms with Crippen molar-refractivity contribution in [2.24, 2.45) is 0 Å². The molecule has 0 amide bonds. The van der Waals surface area contributed by atoms with Crippen molar-refractivity contribution >= 4 is 141 Å². The van der Waals surface area contributed by atoms with E-state index in [-0.39, 0.29) is 57.8 Å². The third-order valence-electron chi connectivity index (χ3n) is 2.92. The molecule has 13 heteroatoms. The number of rotatable bonds is 2. The van der Waals surface area contributed by atoms with Crippen LogP contribution >= 0.6 is 141 Å². The Bertz CT molecular complexity index is 716. The maximum absolute atomic E-state index is 5.87. The Balaban J connectivity index is 0.000000483. The third-order valence-corrected chi connectivity index (χ3v) is 8.26. The summed E-state index contributed by atoms with van der Waals surface area (Å²) in [5.41, 5.74) is 1.18. The molecule has 0 aliphatic rings. The van der Waals surface area contributed by atoms with Crippen LogP contribution in [0, 0.1) is 0 Å². The average molecular weight is 793 g/mol. The first-order valence-electron chi connectivity index (χ1n) is 6.23. The van der Waals surface area contributed by atoms with Gasteiger partial charge in [-0.05, 0) is 0 Å². The van der Waals surface area contributed by atoms with Crippen molar-refractivity contribution < 1.29 is 27.7 Å². The minimum absolute atomic E-state index is 0. The standard InChI is InChI=1S/2C7H3Cl5S.Hg/c2*8-3-2(1-13)4(9)6(11)7(12)5(3)10;/h2*13H,1H2;. The molecule has 0 aliphatic carbocycles. The molecule has 0 saturated heterocycles. The summed E-state index contributed by atoms with van der Waals surface area (Å²) < 4.78 is 0. The van der Waals surface area contributed by atoms with E-state index in [4.69, 9.17) is 116 Å². The van der Waals surface area contributed by atoms with Gasteiger partial charge >= 0.3 is 0 Å². The van der Waals surface area contributed by atoms with Crippen LogP contribution in [0.5, 0.6) is 0 Å². The van der Waals surface area contributed by atoms with Crippen LogP contribution in [0.25, 0.3) is 0 Å². The van der Waals surface area contributed by atoms with E-state index in [1.54, 1.807) is 0 Å². The molecule has 0 fully saturated rings. The molecule has 146 valence electrons. The zero-order valence-electron chi connectivity index (χ0n) is 12.8. The minimum atomic E-state index is 0. The summed E-state index contributed by atoms with van der Waals surface area (Å²) in [4.78, 5) is 0. The van der Waals surface area contributed by atoms with Crippen molar-refractivity contribution in [2.75, 3.05) is 0 Å². The van der Waals surface area contributed by atoms with Gasteiger partial charge in [0.1, 0.15) is 0 Å². The molecular weight excluding hydrogens is 787 g/mol. The maximum atomic E-state index is 5.87. The first-order chi connectivity index (χ1) is 12.0. The second-order valence-corrected chi connectivity index (χ2v) is 8.83. The van der Waals surface area contributed by atoms with Crippen LogP contribution in [0.15, 0.2) is 0 Å². The summed E-state index contributed by atoms with van der Waals surface area (Å²) in [6, 6.07) is 0. The van der Waals surface area contributed by atoms with Crippen LogP contribution in [0.3, 0.4) is 0 Å². The smallest absolute Gasteiger partial charge is 0.0809 e. The van der Waals surface area contributed by atoms with Gasteiger partial charge in [0, 0.05) is 50.3 Å². The molecule has 0 unspecified atom stereocenters. The van der Waals surface area contributed by atoms with Crippen LogP contribution < -0.4 is 0 Å². The van der Waals surface area contributed by atoms with Crippen LogP contribution in [-0.4, -0.2) is 0 Å². The molecule has 27 heavy (non-hydrogen) atoms. The Morgan fingerprint density at radius 1 is 0.370 bits per heavy atom. The van der Waals surface area contributed by atoms with E-state index >= 15 is 0 Å². The first-order valence-corrected chi connectivity index (χ1v) is 11.3. The molecule has 2 aromatic carbocycles. The Morgan fingerprint density at radius 2 is 0.519 bits per heavy atom. The summed E-state index contributed by atoms with van der Waals surface area (Å²) in [6.07, 6.45) is 0. The zero-order chi connectivity index (χ0) is 20.3. The molecule has 0 heterocycles. The van der Waals surface area contributed by atoms with Gasteiger partial charge in [-0.25, -0.2) is 0 Å². The second-order valence-electron chi connectivity index (χ2n) is 4.41. The fraction of sp³-hybridized carbons (Fsp3) is 0.143. The van der Waals surface area contributed by atoms with E-state index in [0.29, 0.717) is 42.7 Å². The first kappa shape index (κ1) is 30.0. The number of thiol groups is 2. The zero-order valence-corrected chi connectivity index (χ0v) is 27.6. The number of hydrogen-bond donors (Lipinski definition) is 2. The summed E-state index contributed by atoms with van der Waals surface area (Å²) in [5, 5.41) is 2.39. The van der Waals surface area contributed by atoms with Gasteiger partial charge in [-0.3, -0.25) is 0 Å². The van der Waals surface area contributed by atoms with Crippen molar-refractivity contribution in [1.29, 1.82) is 0 Å². The van der Waals surface area contributed by atoms with Gasteiger partial charge in [0.05, 0.1) is 50.2 Å². The molecule has 0 N–H and O–H groups in total. The number of benzene rings is 2. The predicted molar refractivity (Wildman–Crippen MR) is 128 cm³/mol. The van der Waals surface area contributed by atoms with Gasteiger partial charge in [0.2, 0.25) is 0 Å². The van der Waals surface area contributed by atoms with Crippen molar-refractivity contribution in [3.63, 3.8) is 0 Å². The predicted octanol–water partition coefficient (Wildman–Crippen LogP) is 10.8. The van der Waals surface area contributed by atoms with E-state index in [1.165, 1.54) is 0 Å². The largest absolute Gasteiger partial charge is 0.174 e. The van der Waals surface area contributed by atoms with E-state index in [9.17, 15) is 0 Å². The van der Waals surface area contributed by atoms with E-state index in [2.05, 4.69) is 25.3 Å². The second kappa shape index (κ2) is 13.5. The maximum Gasteiger partial charge on any atom is 0.0809 e. The van der Waals surface area contributed by atoms with Gasteiger partial charge in [0.25, 0.3) is 0 Å². The molecule has 0 radical (unpaired) electrons. The monoisotopic (exact) mass is 790 g/mol. The van der Waals surface area contributed by atoms with Gasteiger partial charge in [0.15, 0.2) is 0 Å². The Labute approximate surface area is 238 Å². The van der Waals surface area contributed by atoms with Crippen molar-refractivity contribution in [2.45, 2.75) is 11.5 Å². The molecular formula is C14H6Cl10HgS2. The van der Waals surface area contributed by atoms with Crippen molar-refractivity contribution in [3.8, 4) is 0 Å². The molecule has 0 aliphatic heterocycles. The molecule has 2 aromatic rings. The third kappa shape index (κ3) is 6.98. The average Bonchev–Trinajstić information content (AvgIpc) is 2.63. The molecule has 2 rings (SSSR count). The number of halogens is 10. The van der Waals surface area contributed by atoms with Crippen LogP contribution in [0.2, 0.25) is 50.2 Å². The van der Waals surface area contributed by atoms with Crippen LogP contribution in [0.4, 0.5) is 0 Å². The van der Waals surface area contributed by atoms with Gasteiger partial charge in [-0.15, -0.1) is 0 Å². The quantitative estimate of drug-likeness (QED) is 0.129. The molecule has 0 atom stereocenters. The molecule has 0 nitrogen and oxygen atoms in total. The van der Waals surface area contributed by atoms with E-state index in [1.807, 2.05) is 0 Å².